The normalized spacial score (nSPS) is 36.9. The first kappa shape index (κ1) is 14.8. The summed E-state index contributed by atoms with van der Waals surface area (Å²) in [6.07, 6.45) is 9.82. The summed E-state index contributed by atoms with van der Waals surface area (Å²) in [5.41, 5.74) is 5.48. The van der Waals surface area contributed by atoms with Gasteiger partial charge in [0, 0.05) is 12.6 Å². The van der Waals surface area contributed by atoms with E-state index in [1.165, 1.54) is 25.7 Å². The molecule has 5 heteroatoms. The third-order valence-electron chi connectivity index (χ3n) is 5.56. The van der Waals surface area contributed by atoms with Crippen molar-refractivity contribution in [2.45, 2.75) is 75.9 Å². The van der Waals surface area contributed by atoms with E-state index >= 15 is 0 Å². The fourth-order valence-electron chi connectivity index (χ4n) is 4.38. The first-order valence-electron chi connectivity index (χ1n) is 8.52. The lowest BCUT2D eigenvalue weighted by atomic mass is 9.77. The minimum Gasteiger partial charge on any atom is -0.368 e. The Bertz CT molecular complexity index is 412. The van der Waals surface area contributed by atoms with Crippen LogP contribution in [0.1, 0.15) is 57.8 Å². The number of piperidine rings is 2. The zero-order chi connectivity index (χ0) is 14.8. The van der Waals surface area contributed by atoms with E-state index in [9.17, 15) is 9.59 Å². The number of carbonyl (C=O) groups is 2. The SMILES string of the molecule is NC(=O)C1CCCCN1C(=O)C1CCC2CCCCC2N1. The predicted octanol–water partition coefficient (Wildman–Crippen LogP) is 1.16. The summed E-state index contributed by atoms with van der Waals surface area (Å²) >= 11 is 0. The van der Waals surface area contributed by atoms with E-state index in [-0.39, 0.29) is 17.9 Å². The lowest BCUT2D eigenvalue weighted by molar-refractivity contribution is -0.143. The van der Waals surface area contributed by atoms with E-state index in [0.29, 0.717) is 12.6 Å². The maximum atomic E-state index is 12.8. The summed E-state index contributed by atoms with van der Waals surface area (Å²) in [5, 5.41) is 3.57. The molecule has 4 unspecified atom stereocenters. The zero-order valence-corrected chi connectivity index (χ0v) is 12.7. The molecule has 5 nitrogen and oxygen atoms in total. The summed E-state index contributed by atoms with van der Waals surface area (Å²) in [7, 11) is 0. The summed E-state index contributed by atoms with van der Waals surface area (Å²) in [4.78, 5) is 26.1. The molecule has 2 saturated heterocycles. The Morgan fingerprint density at radius 1 is 0.952 bits per heavy atom. The number of hydrogen-bond donors (Lipinski definition) is 2. The predicted molar refractivity (Wildman–Crippen MR) is 80.5 cm³/mol. The number of carbonyl (C=O) groups excluding carboxylic acids is 2. The van der Waals surface area contributed by atoms with Crippen LogP contribution < -0.4 is 11.1 Å². The van der Waals surface area contributed by atoms with Crippen molar-refractivity contribution in [3.8, 4) is 0 Å². The van der Waals surface area contributed by atoms with Gasteiger partial charge >= 0.3 is 0 Å². The summed E-state index contributed by atoms with van der Waals surface area (Å²) < 4.78 is 0. The highest BCUT2D eigenvalue weighted by Crippen LogP contribution is 2.33. The van der Waals surface area contributed by atoms with E-state index in [2.05, 4.69) is 5.32 Å². The van der Waals surface area contributed by atoms with Crippen LogP contribution in [0.15, 0.2) is 0 Å². The van der Waals surface area contributed by atoms with Gasteiger partial charge in [0.15, 0.2) is 0 Å². The average Bonchev–Trinajstić information content (AvgIpc) is 2.53. The van der Waals surface area contributed by atoms with Crippen LogP contribution in [0.25, 0.3) is 0 Å². The minimum absolute atomic E-state index is 0.0996. The highest BCUT2D eigenvalue weighted by atomic mass is 16.2. The van der Waals surface area contributed by atoms with E-state index in [0.717, 1.165) is 38.0 Å². The second-order valence-electron chi connectivity index (χ2n) is 6.89. The molecule has 0 spiro atoms. The standard InChI is InChI=1S/C16H27N3O2/c17-15(20)14-7-3-4-10-19(14)16(21)13-9-8-11-5-1-2-6-12(11)18-13/h11-14,18H,1-10H2,(H2,17,20). The number of likely N-dealkylation sites (tertiary alicyclic amines) is 1. The lowest BCUT2D eigenvalue weighted by Crippen LogP contribution is -2.60. The van der Waals surface area contributed by atoms with Gasteiger partial charge < -0.3 is 16.0 Å². The molecule has 2 heterocycles. The molecule has 3 fully saturated rings. The van der Waals surface area contributed by atoms with Gasteiger partial charge in [-0.3, -0.25) is 9.59 Å². The van der Waals surface area contributed by atoms with Gasteiger partial charge in [-0.2, -0.15) is 0 Å². The Balaban J connectivity index is 1.65. The maximum absolute atomic E-state index is 12.8. The van der Waals surface area contributed by atoms with Crippen molar-refractivity contribution in [1.82, 2.24) is 10.2 Å². The van der Waals surface area contributed by atoms with Gasteiger partial charge in [0.05, 0.1) is 6.04 Å². The average molecular weight is 293 g/mol. The molecule has 0 aromatic carbocycles. The molecule has 0 aromatic heterocycles. The summed E-state index contributed by atoms with van der Waals surface area (Å²) in [6.45, 7) is 0.679. The molecule has 3 rings (SSSR count). The zero-order valence-electron chi connectivity index (χ0n) is 12.7. The van der Waals surface area contributed by atoms with Gasteiger partial charge in [-0.25, -0.2) is 0 Å². The molecule has 2 aliphatic heterocycles. The molecule has 0 bridgehead atoms. The molecular weight excluding hydrogens is 266 g/mol. The number of amides is 2. The second kappa shape index (κ2) is 6.34. The van der Waals surface area contributed by atoms with Gasteiger partial charge in [0.2, 0.25) is 11.8 Å². The van der Waals surface area contributed by atoms with Crippen LogP contribution in [-0.4, -0.2) is 41.4 Å². The van der Waals surface area contributed by atoms with Crippen LogP contribution in [-0.2, 0) is 9.59 Å². The van der Waals surface area contributed by atoms with Crippen LogP contribution in [0.5, 0.6) is 0 Å². The number of primary amides is 1. The molecule has 0 aromatic rings. The number of nitrogens with zero attached hydrogens (tertiary/aromatic N) is 1. The highest BCUT2D eigenvalue weighted by Gasteiger charge is 2.39. The molecule has 1 saturated carbocycles. The van der Waals surface area contributed by atoms with Crippen LogP contribution in [0.2, 0.25) is 0 Å². The molecule has 1 aliphatic carbocycles. The lowest BCUT2D eigenvalue weighted by Gasteiger charge is -2.43. The highest BCUT2D eigenvalue weighted by molar-refractivity contribution is 5.89. The summed E-state index contributed by atoms with van der Waals surface area (Å²) in [6, 6.07) is -0.000280. The van der Waals surface area contributed by atoms with Gasteiger partial charge in [0.1, 0.15) is 6.04 Å². The van der Waals surface area contributed by atoms with Crippen molar-refractivity contribution in [3.05, 3.63) is 0 Å². The number of fused-ring (bicyclic) bond motifs is 1. The fourth-order valence-corrected chi connectivity index (χ4v) is 4.38. The molecular formula is C16H27N3O2. The maximum Gasteiger partial charge on any atom is 0.240 e. The van der Waals surface area contributed by atoms with Gasteiger partial charge in [-0.05, 0) is 50.9 Å². The first-order valence-corrected chi connectivity index (χ1v) is 8.52. The first-order chi connectivity index (χ1) is 10.2. The third kappa shape index (κ3) is 3.07. The second-order valence-corrected chi connectivity index (χ2v) is 6.89. The number of nitrogens with one attached hydrogen (secondary N) is 1. The van der Waals surface area contributed by atoms with E-state index in [4.69, 9.17) is 5.73 Å². The van der Waals surface area contributed by atoms with Crippen molar-refractivity contribution in [3.63, 3.8) is 0 Å². The van der Waals surface area contributed by atoms with Crippen molar-refractivity contribution >= 4 is 11.8 Å². The molecule has 4 atom stereocenters. The molecule has 3 N–H and O–H groups in total. The molecule has 2 amide bonds. The van der Waals surface area contributed by atoms with Crippen LogP contribution >= 0.6 is 0 Å². The Hall–Kier alpha value is -1.10. The van der Waals surface area contributed by atoms with E-state index in [1.54, 1.807) is 4.90 Å². The van der Waals surface area contributed by atoms with Crippen molar-refractivity contribution in [2.24, 2.45) is 11.7 Å². The molecule has 118 valence electrons. The molecule has 3 aliphatic rings. The fraction of sp³-hybridized carbons (Fsp3) is 0.875. The van der Waals surface area contributed by atoms with Crippen molar-refractivity contribution in [1.29, 1.82) is 0 Å². The largest absolute Gasteiger partial charge is 0.368 e. The van der Waals surface area contributed by atoms with Crippen molar-refractivity contribution < 1.29 is 9.59 Å². The monoisotopic (exact) mass is 293 g/mol. The third-order valence-corrected chi connectivity index (χ3v) is 5.56. The van der Waals surface area contributed by atoms with Crippen LogP contribution in [0.3, 0.4) is 0 Å². The Morgan fingerprint density at radius 3 is 2.52 bits per heavy atom. The molecule has 21 heavy (non-hydrogen) atoms. The molecule has 0 radical (unpaired) electrons. The Morgan fingerprint density at radius 2 is 1.71 bits per heavy atom. The Labute approximate surface area is 126 Å². The van der Waals surface area contributed by atoms with Gasteiger partial charge in [0.25, 0.3) is 0 Å². The van der Waals surface area contributed by atoms with Gasteiger partial charge in [-0.15, -0.1) is 0 Å². The minimum atomic E-state index is -0.392. The van der Waals surface area contributed by atoms with Crippen molar-refractivity contribution in [2.75, 3.05) is 6.54 Å². The Kier molecular flexibility index (Phi) is 4.48. The van der Waals surface area contributed by atoms with Gasteiger partial charge in [-0.1, -0.05) is 12.8 Å². The number of rotatable bonds is 2. The number of nitrogens with two attached hydrogens (primary N) is 1. The van der Waals surface area contributed by atoms with E-state index in [1.807, 2.05) is 0 Å². The van der Waals surface area contributed by atoms with Crippen LogP contribution in [0, 0.1) is 5.92 Å². The smallest absolute Gasteiger partial charge is 0.240 e. The van der Waals surface area contributed by atoms with E-state index < -0.39 is 6.04 Å². The topological polar surface area (TPSA) is 75.4 Å². The number of hydrogen-bond acceptors (Lipinski definition) is 3. The van der Waals surface area contributed by atoms with Crippen LogP contribution in [0.4, 0.5) is 0 Å². The quantitative estimate of drug-likeness (QED) is 0.802. The summed E-state index contributed by atoms with van der Waals surface area (Å²) in [5.74, 6) is 0.494.